The zero-order chi connectivity index (χ0) is 23.9. The van der Waals surface area contributed by atoms with Crippen LogP contribution in [0.5, 0.6) is 0 Å². The number of aliphatic imine (C=N–C) groups is 2. The molecule has 2 aliphatic heterocycles. The van der Waals surface area contributed by atoms with Gasteiger partial charge in [-0.3, -0.25) is 9.89 Å². The van der Waals surface area contributed by atoms with E-state index in [0.717, 1.165) is 73.1 Å². The van der Waals surface area contributed by atoms with Crippen LogP contribution < -0.4 is 5.73 Å². The molecular formula is C26H32Cl2N6O. The van der Waals surface area contributed by atoms with Crippen molar-refractivity contribution in [2.75, 3.05) is 19.7 Å². The lowest BCUT2D eigenvalue weighted by Gasteiger charge is -2.36. The maximum absolute atomic E-state index is 6.81. The highest BCUT2D eigenvalue weighted by molar-refractivity contribution is 6.32. The van der Waals surface area contributed by atoms with Crippen LogP contribution in [0.2, 0.25) is 10.2 Å². The molecule has 2 saturated carbocycles. The molecule has 1 aromatic heterocycles. The van der Waals surface area contributed by atoms with E-state index in [-0.39, 0.29) is 0 Å². The Labute approximate surface area is 216 Å². The molecule has 186 valence electrons. The molecule has 2 aromatic rings. The number of hydrogen-bond donors (Lipinski definition) is 1. The molecule has 3 heterocycles. The Morgan fingerprint density at radius 3 is 2.51 bits per heavy atom. The van der Waals surface area contributed by atoms with Crippen LogP contribution in [0.4, 0.5) is 11.4 Å². The van der Waals surface area contributed by atoms with Crippen molar-refractivity contribution >= 4 is 47.1 Å². The Morgan fingerprint density at radius 2 is 1.80 bits per heavy atom. The summed E-state index contributed by atoms with van der Waals surface area (Å²) in [5, 5.41) is 5.69. The summed E-state index contributed by atoms with van der Waals surface area (Å²) in [5.41, 5.74) is 9.03. The van der Waals surface area contributed by atoms with Gasteiger partial charge >= 0.3 is 0 Å². The highest BCUT2D eigenvalue weighted by Gasteiger charge is 2.40. The monoisotopic (exact) mass is 514 g/mol. The second-order valence-electron chi connectivity index (χ2n) is 10.4. The van der Waals surface area contributed by atoms with Gasteiger partial charge in [-0.15, -0.1) is 0 Å². The largest absolute Gasteiger partial charge is 0.390 e. The van der Waals surface area contributed by atoms with E-state index in [1.54, 1.807) is 12.4 Å². The van der Waals surface area contributed by atoms with E-state index in [9.17, 15) is 0 Å². The van der Waals surface area contributed by atoms with Gasteiger partial charge in [-0.05, 0) is 87.6 Å². The first-order chi connectivity index (χ1) is 17.1. The molecule has 4 fully saturated rings. The van der Waals surface area contributed by atoms with Gasteiger partial charge in [-0.1, -0.05) is 23.2 Å². The zero-order valence-corrected chi connectivity index (χ0v) is 21.3. The lowest BCUT2D eigenvalue weighted by atomic mass is 9.87. The number of rotatable bonds is 7. The molecule has 2 N–H and O–H groups in total. The van der Waals surface area contributed by atoms with Crippen molar-refractivity contribution in [3.8, 4) is 0 Å². The predicted octanol–water partition coefficient (Wildman–Crippen LogP) is 5.64. The molecule has 0 amide bonds. The highest BCUT2D eigenvalue weighted by Crippen LogP contribution is 2.42. The first-order valence-electron chi connectivity index (χ1n) is 12.8. The van der Waals surface area contributed by atoms with E-state index in [0.29, 0.717) is 34.9 Å². The Morgan fingerprint density at radius 1 is 1.00 bits per heavy atom. The molecule has 7 nitrogen and oxygen atoms in total. The molecule has 0 bridgehead atoms. The van der Waals surface area contributed by atoms with Gasteiger partial charge in [0.1, 0.15) is 5.69 Å². The van der Waals surface area contributed by atoms with Crippen LogP contribution in [0.3, 0.4) is 0 Å². The van der Waals surface area contributed by atoms with Crippen molar-refractivity contribution in [1.29, 1.82) is 0 Å². The number of nitrogens with zero attached hydrogens (tertiary/aromatic N) is 5. The van der Waals surface area contributed by atoms with Crippen LogP contribution in [0, 0.1) is 5.92 Å². The van der Waals surface area contributed by atoms with Gasteiger partial charge in [0.2, 0.25) is 0 Å². The molecule has 0 radical (unpaired) electrons. The van der Waals surface area contributed by atoms with E-state index >= 15 is 0 Å². The van der Waals surface area contributed by atoms with Crippen molar-refractivity contribution in [3.05, 3.63) is 39.6 Å². The average Bonchev–Trinajstić information content (AvgIpc) is 3.81. The summed E-state index contributed by atoms with van der Waals surface area (Å²) in [6.45, 7) is 3.04. The van der Waals surface area contributed by atoms with E-state index in [4.69, 9.17) is 33.7 Å². The zero-order valence-electron chi connectivity index (χ0n) is 19.8. The molecule has 4 aliphatic rings. The second kappa shape index (κ2) is 9.85. The van der Waals surface area contributed by atoms with Crippen LogP contribution in [0.25, 0.3) is 0 Å². The first kappa shape index (κ1) is 23.5. The fraction of sp³-hybridized carbons (Fsp3) is 0.577. The first-order valence-corrected chi connectivity index (χ1v) is 13.6. The van der Waals surface area contributed by atoms with Crippen LogP contribution in [-0.2, 0) is 4.74 Å². The molecule has 0 spiro atoms. The molecule has 6 rings (SSSR count). The van der Waals surface area contributed by atoms with Gasteiger partial charge in [0.25, 0.3) is 0 Å². The predicted molar refractivity (Wildman–Crippen MR) is 141 cm³/mol. The van der Waals surface area contributed by atoms with Crippen molar-refractivity contribution < 1.29 is 4.74 Å². The number of halogens is 2. The number of piperidine rings is 1. The normalized spacial score (nSPS) is 26.5. The van der Waals surface area contributed by atoms with E-state index < -0.39 is 0 Å². The van der Waals surface area contributed by atoms with Crippen molar-refractivity contribution in [2.24, 2.45) is 21.6 Å². The minimum atomic E-state index is 0.407. The van der Waals surface area contributed by atoms with Gasteiger partial charge in [-0.25, -0.2) is 9.67 Å². The number of nitrogens with two attached hydrogens (primary N) is 1. The van der Waals surface area contributed by atoms with Crippen LogP contribution in [0.1, 0.15) is 68.0 Å². The highest BCUT2D eigenvalue weighted by atomic mass is 35.5. The van der Waals surface area contributed by atoms with Crippen molar-refractivity contribution in [3.63, 3.8) is 0 Å². The van der Waals surface area contributed by atoms with E-state index in [2.05, 4.69) is 26.0 Å². The topological polar surface area (TPSA) is 81.0 Å². The number of ether oxygens (including phenoxy) is 1. The molecule has 2 atom stereocenters. The summed E-state index contributed by atoms with van der Waals surface area (Å²) in [7, 11) is 0. The summed E-state index contributed by atoms with van der Waals surface area (Å²) in [4.78, 5) is 11.6. The Balaban J connectivity index is 1.15. The summed E-state index contributed by atoms with van der Waals surface area (Å²) in [6.07, 6.45) is 13.6. The quantitative estimate of drug-likeness (QED) is 0.382. The van der Waals surface area contributed by atoms with Crippen LogP contribution >= 0.6 is 23.2 Å². The van der Waals surface area contributed by atoms with E-state index in [1.165, 1.54) is 25.6 Å². The summed E-state index contributed by atoms with van der Waals surface area (Å²) >= 11 is 13.3. The number of likely N-dealkylation sites (tertiary alicyclic amines) is 1. The van der Waals surface area contributed by atoms with Gasteiger partial charge in [0.15, 0.2) is 5.15 Å². The Hall–Kier alpha value is -1.93. The van der Waals surface area contributed by atoms with Gasteiger partial charge < -0.3 is 10.5 Å². The molecule has 9 heteroatoms. The van der Waals surface area contributed by atoms with E-state index in [1.807, 2.05) is 10.7 Å². The smallest absolute Gasteiger partial charge is 0.153 e. The Bertz CT molecular complexity index is 1130. The fourth-order valence-corrected chi connectivity index (χ4v) is 6.21. The average molecular weight is 515 g/mol. The molecule has 2 aliphatic carbocycles. The fourth-order valence-electron chi connectivity index (χ4n) is 5.60. The van der Waals surface area contributed by atoms with Crippen LogP contribution in [-0.4, -0.2) is 59.1 Å². The van der Waals surface area contributed by atoms with Gasteiger partial charge in [0.05, 0.1) is 37.0 Å². The third-order valence-electron chi connectivity index (χ3n) is 7.95. The standard InChI is InChI=1S/C26H32Cl2N6O/c27-22-9-18(12-30-24-13-32-34(26(24)28)19-3-4-19)23(31-15-29)11-21(22)16-5-7-33(8-6-16)20-10-25(35-14-20)17-1-2-17/h9,11-13,15-17,19-20,25H,1-8,10,14H2,(H2,29,31). The van der Waals surface area contributed by atoms with Crippen LogP contribution in [0.15, 0.2) is 28.3 Å². The molecule has 2 saturated heterocycles. The lowest BCUT2D eigenvalue weighted by molar-refractivity contribution is 0.0793. The maximum atomic E-state index is 6.81. The molecular weight excluding hydrogens is 483 g/mol. The molecule has 2 unspecified atom stereocenters. The third kappa shape index (κ3) is 5.01. The molecule has 1 aromatic carbocycles. The lowest BCUT2D eigenvalue weighted by Crippen LogP contribution is -2.41. The maximum Gasteiger partial charge on any atom is 0.153 e. The summed E-state index contributed by atoms with van der Waals surface area (Å²) in [5.74, 6) is 1.23. The summed E-state index contributed by atoms with van der Waals surface area (Å²) < 4.78 is 7.94. The minimum absolute atomic E-state index is 0.407. The third-order valence-corrected chi connectivity index (χ3v) is 8.65. The minimum Gasteiger partial charge on any atom is -0.390 e. The van der Waals surface area contributed by atoms with Gasteiger partial charge in [0, 0.05) is 22.8 Å². The number of hydrogen-bond acceptors (Lipinski definition) is 5. The number of aromatic nitrogens is 2. The second-order valence-corrected chi connectivity index (χ2v) is 11.1. The number of benzene rings is 1. The van der Waals surface area contributed by atoms with Crippen molar-refractivity contribution in [1.82, 2.24) is 14.7 Å². The Kier molecular flexibility index (Phi) is 6.60. The van der Waals surface area contributed by atoms with Gasteiger partial charge in [-0.2, -0.15) is 5.10 Å². The summed E-state index contributed by atoms with van der Waals surface area (Å²) in [6, 6.07) is 5.00. The SMILES string of the molecule is NC=Nc1cc(C2CCN(C3COC(C4CC4)C3)CC2)c(Cl)cc1C=Nc1cnn(C2CC2)c1Cl. The van der Waals surface area contributed by atoms with Crippen molar-refractivity contribution in [2.45, 2.75) is 69.1 Å². The molecule has 35 heavy (non-hydrogen) atoms.